The second-order valence-corrected chi connectivity index (χ2v) is 3.54. The van der Waals surface area contributed by atoms with Crippen molar-refractivity contribution in [2.75, 3.05) is 7.11 Å². The van der Waals surface area contributed by atoms with Crippen molar-refractivity contribution < 1.29 is 9.47 Å². The number of aromatic nitrogens is 1. The van der Waals surface area contributed by atoms with Crippen molar-refractivity contribution in [3.8, 4) is 11.6 Å². The van der Waals surface area contributed by atoms with Crippen molar-refractivity contribution in [1.82, 2.24) is 4.98 Å². The summed E-state index contributed by atoms with van der Waals surface area (Å²) in [5.41, 5.74) is 0. The third-order valence-electron chi connectivity index (χ3n) is 2.54. The van der Waals surface area contributed by atoms with Crippen LogP contribution in [0.15, 0.2) is 18.3 Å². The van der Waals surface area contributed by atoms with E-state index in [0.717, 1.165) is 18.6 Å². The summed E-state index contributed by atoms with van der Waals surface area (Å²) >= 11 is 0. The zero-order chi connectivity index (χ0) is 9.80. The summed E-state index contributed by atoms with van der Waals surface area (Å²) in [5, 5.41) is 0. The minimum absolute atomic E-state index is 0.332. The van der Waals surface area contributed by atoms with Crippen LogP contribution in [0.1, 0.15) is 25.7 Å². The zero-order valence-corrected chi connectivity index (χ0v) is 8.40. The highest BCUT2D eigenvalue weighted by Crippen LogP contribution is 2.28. The molecule has 0 amide bonds. The molecule has 14 heavy (non-hydrogen) atoms. The maximum Gasteiger partial charge on any atom is 0.257 e. The van der Waals surface area contributed by atoms with Crippen LogP contribution in [0.25, 0.3) is 0 Å². The predicted octanol–water partition coefficient (Wildman–Crippen LogP) is 2.41. The number of hydrogen-bond donors (Lipinski definition) is 0. The van der Waals surface area contributed by atoms with E-state index in [4.69, 9.17) is 9.47 Å². The monoisotopic (exact) mass is 193 g/mol. The van der Waals surface area contributed by atoms with E-state index in [1.165, 1.54) is 12.8 Å². The first-order chi connectivity index (χ1) is 6.90. The highest BCUT2D eigenvalue weighted by molar-refractivity contribution is 5.32. The van der Waals surface area contributed by atoms with Crippen LogP contribution in [0.3, 0.4) is 0 Å². The number of methoxy groups -OCH3 is 1. The van der Waals surface area contributed by atoms with Gasteiger partial charge in [-0.05, 0) is 37.8 Å². The van der Waals surface area contributed by atoms with Gasteiger partial charge in [0, 0.05) is 6.20 Å². The van der Waals surface area contributed by atoms with Crippen LogP contribution < -0.4 is 9.47 Å². The van der Waals surface area contributed by atoms with E-state index in [1.807, 2.05) is 12.1 Å². The first-order valence-corrected chi connectivity index (χ1v) is 5.06. The summed E-state index contributed by atoms with van der Waals surface area (Å²) in [4.78, 5) is 4.17. The van der Waals surface area contributed by atoms with Crippen molar-refractivity contribution >= 4 is 0 Å². The average molecular weight is 193 g/mol. The van der Waals surface area contributed by atoms with Gasteiger partial charge in [0.1, 0.15) is 6.10 Å². The molecule has 3 nitrogen and oxygen atoms in total. The van der Waals surface area contributed by atoms with Gasteiger partial charge in [0.2, 0.25) is 0 Å². The molecular weight excluding hydrogens is 178 g/mol. The predicted molar refractivity (Wildman–Crippen MR) is 53.7 cm³/mol. The van der Waals surface area contributed by atoms with Gasteiger partial charge in [-0.1, -0.05) is 0 Å². The minimum Gasteiger partial charge on any atom is -0.491 e. The second kappa shape index (κ2) is 4.31. The quantitative estimate of drug-likeness (QED) is 0.738. The second-order valence-electron chi connectivity index (χ2n) is 3.54. The summed E-state index contributed by atoms with van der Waals surface area (Å²) in [6, 6.07) is 3.72. The molecule has 76 valence electrons. The minimum atomic E-state index is 0.332. The molecule has 1 heterocycles. The summed E-state index contributed by atoms with van der Waals surface area (Å²) < 4.78 is 10.9. The van der Waals surface area contributed by atoms with Gasteiger partial charge in [0.15, 0.2) is 5.75 Å². The lowest BCUT2D eigenvalue weighted by Crippen LogP contribution is -2.12. The Morgan fingerprint density at radius 2 is 2.14 bits per heavy atom. The van der Waals surface area contributed by atoms with Gasteiger partial charge in [0.05, 0.1) is 7.11 Å². The van der Waals surface area contributed by atoms with E-state index in [2.05, 4.69) is 4.98 Å². The standard InChI is InChI=1S/C11H15NO2/c1-13-10-7-4-8-12-11(10)14-9-5-2-3-6-9/h4,7-9H,2-3,5-6H2,1H3. The molecular formula is C11H15NO2. The molecule has 0 bridgehead atoms. The van der Waals surface area contributed by atoms with Crippen molar-refractivity contribution in [1.29, 1.82) is 0 Å². The lowest BCUT2D eigenvalue weighted by Gasteiger charge is -2.13. The summed E-state index contributed by atoms with van der Waals surface area (Å²) in [7, 11) is 1.64. The fourth-order valence-corrected chi connectivity index (χ4v) is 1.78. The largest absolute Gasteiger partial charge is 0.491 e. The molecule has 0 N–H and O–H groups in total. The maximum absolute atomic E-state index is 5.76. The van der Waals surface area contributed by atoms with Gasteiger partial charge in [-0.2, -0.15) is 0 Å². The van der Waals surface area contributed by atoms with Gasteiger partial charge < -0.3 is 9.47 Å². The molecule has 0 aliphatic heterocycles. The van der Waals surface area contributed by atoms with Crippen molar-refractivity contribution in [2.24, 2.45) is 0 Å². The Bertz CT molecular complexity index is 295. The van der Waals surface area contributed by atoms with Crippen LogP contribution in [-0.4, -0.2) is 18.2 Å². The third kappa shape index (κ3) is 1.97. The fraction of sp³-hybridized carbons (Fsp3) is 0.545. The van der Waals surface area contributed by atoms with Crippen molar-refractivity contribution in [3.63, 3.8) is 0 Å². The Hall–Kier alpha value is -1.25. The van der Waals surface area contributed by atoms with Gasteiger partial charge in [0.25, 0.3) is 5.88 Å². The molecule has 1 saturated carbocycles. The normalized spacial score (nSPS) is 16.9. The molecule has 0 atom stereocenters. The first kappa shape index (κ1) is 9.31. The lowest BCUT2D eigenvalue weighted by molar-refractivity contribution is 0.192. The van der Waals surface area contributed by atoms with E-state index in [1.54, 1.807) is 13.3 Å². The van der Waals surface area contributed by atoms with Crippen LogP contribution in [0.2, 0.25) is 0 Å². The molecule has 1 fully saturated rings. The third-order valence-corrected chi connectivity index (χ3v) is 2.54. The molecule has 1 aliphatic carbocycles. The number of rotatable bonds is 3. The van der Waals surface area contributed by atoms with Gasteiger partial charge in [-0.25, -0.2) is 4.98 Å². The average Bonchev–Trinajstić information content (AvgIpc) is 2.71. The molecule has 0 aromatic carbocycles. The molecule has 1 aromatic rings. The van der Waals surface area contributed by atoms with Crippen LogP contribution >= 0.6 is 0 Å². The maximum atomic E-state index is 5.76. The molecule has 1 aromatic heterocycles. The van der Waals surface area contributed by atoms with Crippen LogP contribution in [0.5, 0.6) is 11.6 Å². The number of hydrogen-bond acceptors (Lipinski definition) is 3. The summed E-state index contributed by atoms with van der Waals surface area (Å²) in [6.45, 7) is 0. The fourth-order valence-electron chi connectivity index (χ4n) is 1.78. The Morgan fingerprint density at radius 1 is 1.36 bits per heavy atom. The highest BCUT2D eigenvalue weighted by Gasteiger charge is 2.18. The molecule has 1 aliphatic rings. The summed E-state index contributed by atoms with van der Waals surface area (Å²) in [5.74, 6) is 1.35. The topological polar surface area (TPSA) is 31.4 Å². The molecule has 0 spiro atoms. The Labute approximate surface area is 84.1 Å². The molecule has 0 unspecified atom stereocenters. The molecule has 0 radical (unpaired) electrons. The molecule has 2 rings (SSSR count). The SMILES string of the molecule is COc1cccnc1OC1CCCC1. The van der Waals surface area contributed by atoms with E-state index in [0.29, 0.717) is 12.0 Å². The van der Waals surface area contributed by atoms with E-state index in [9.17, 15) is 0 Å². The molecule has 3 heteroatoms. The van der Waals surface area contributed by atoms with Gasteiger partial charge in [-0.15, -0.1) is 0 Å². The van der Waals surface area contributed by atoms with Crippen LogP contribution in [0.4, 0.5) is 0 Å². The first-order valence-electron chi connectivity index (χ1n) is 5.06. The smallest absolute Gasteiger partial charge is 0.257 e. The van der Waals surface area contributed by atoms with Crippen LogP contribution in [-0.2, 0) is 0 Å². The number of ether oxygens (including phenoxy) is 2. The summed E-state index contributed by atoms with van der Waals surface area (Å²) in [6.07, 6.45) is 6.87. The van der Waals surface area contributed by atoms with Gasteiger partial charge >= 0.3 is 0 Å². The Balaban J connectivity index is 2.07. The molecule has 0 saturated heterocycles. The highest BCUT2D eigenvalue weighted by atomic mass is 16.5. The van der Waals surface area contributed by atoms with E-state index < -0.39 is 0 Å². The Kier molecular flexibility index (Phi) is 2.87. The van der Waals surface area contributed by atoms with Crippen molar-refractivity contribution in [2.45, 2.75) is 31.8 Å². The van der Waals surface area contributed by atoms with E-state index >= 15 is 0 Å². The zero-order valence-electron chi connectivity index (χ0n) is 8.40. The van der Waals surface area contributed by atoms with E-state index in [-0.39, 0.29) is 0 Å². The number of nitrogens with zero attached hydrogens (tertiary/aromatic N) is 1. The van der Waals surface area contributed by atoms with Crippen LogP contribution in [0, 0.1) is 0 Å². The van der Waals surface area contributed by atoms with Gasteiger partial charge in [-0.3, -0.25) is 0 Å². The van der Waals surface area contributed by atoms with Crippen molar-refractivity contribution in [3.05, 3.63) is 18.3 Å². The number of pyridine rings is 1. The lowest BCUT2D eigenvalue weighted by atomic mass is 10.3. The Morgan fingerprint density at radius 3 is 2.86 bits per heavy atom.